The topological polar surface area (TPSA) is 37.9 Å². The van der Waals surface area contributed by atoms with E-state index in [0.717, 1.165) is 34.5 Å². The predicted molar refractivity (Wildman–Crippen MR) is 94.3 cm³/mol. The Labute approximate surface area is 137 Å². The van der Waals surface area contributed by atoms with E-state index in [2.05, 4.69) is 17.6 Å². The normalized spacial score (nSPS) is 10.7. The molecule has 0 aliphatic carbocycles. The summed E-state index contributed by atoms with van der Waals surface area (Å²) in [6.07, 6.45) is 0. The van der Waals surface area contributed by atoms with E-state index in [4.69, 9.17) is 12.6 Å². The molecule has 0 aliphatic rings. The number of aryl methyl sites for hydroxylation is 1. The SMILES string of the molecule is [B]c1ccc2c(C#N)c(-c3ccc(OCC)cc3)n(CC)c2c1. The van der Waals surface area contributed by atoms with Crippen LogP contribution in [0.15, 0.2) is 42.5 Å². The molecule has 0 fully saturated rings. The molecule has 0 aliphatic heterocycles. The molecule has 2 aromatic carbocycles. The highest BCUT2D eigenvalue weighted by atomic mass is 16.5. The summed E-state index contributed by atoms with van der Waals surface area (Å²) in [4.78, 5) is 0. The van der Waals surface area contributed by atoms with Crippen LogP contribution in [0.5, 0.6) is 5.75 Å². The van der Waals surface area contributed by atoms with Gasteiger partial charge in [-0.2, -0.15) is 5.26 Å². The van der Waals surface area contributed by atoms with Crippen LogP contribution in [0.4, 0.5) is 0 Å². The molecule has 0 amide bonds. The van der Waals surface area contributed by atoms with Gasteiger partial charge in [-0.3, -0.25) is 0 Å². The molecule has 3 rings (SSSR count). The minimum absolute atomic E-state index is 0.636. The van der Waals surface area contributed by atoms with Crippen molar-refractivity contribution >= 4 is 24.2 Å². The lowest BCUT2D eigenvalue weighted by atomic mass is 9.95. The van der Waals surface area contributed by atoms with E-state index in [1.165, 1.54) is 0 Å². The molecule has 23 heavy (non-hydrogen) atoms. The van der Waals surface area contributed by atoms with E-state index in [0.29, 0.717) is 17.6 Å². The molecule has 0 atom stereocenters. The number of fused-ring (bicyclic) bond motifs is 1. The zero-order chi connectivity index (χ0) is 16.4. The van der Waals surface area contributed by atoms with Crippen LogP contribution >= 0.6 is 0 Å². The van der Waals surface area contributed by atoms with Crippen molar-refractivity contribution in [3.63, 3.8) is 0 Å². The second-order valence-corrected chi connectivity index (χ2v) is 5.31. The summed E-state index contributed by atoms with van der Waals surface area (Å²) >= 11 is 0. The summed E-state index contributed by atoms with van der Waals surface area (Å²) in [6, 6.07) is 15.9. The van der Waals surface area contributed by atoms with Crippen molar-refractivity contribution < 1.29 is 4.74 Å². The molecule has 1 aromatic heterocycles. The van der Waals surface area contributed by atoms with E-state index >= 15 is 0 Å². The summed E-state index contributed by atoms with van der Waals surface area (Å²) in [7, 11) is 5.93. The van der Waals surface area contributed by atoms with E-state index in [-0.39, 0.29) is 0 Å². The first-order chi connectivity index (χ1) is 11.2. The molecule has 0 N–H and O–H groups in total. The van der Waals surface area contributed by atoms with Crippen LogP contribution in [0, 0.1) is 11.3 Å². The second-order valence-electron chi connectivity index (χ2n) is 5.31. The largest absolute Gasteiger partial charge is 0.494 e. The number of ether oxygens (including phenoxy) is 1. The summed E-state index contributed by atoms with van der Waals surface area (Å²) in [5.74, 6) is 0.832. The van der Waals surface area contributed by atoms with Gasteiger partial charge in [-0.1, -0.05) is 17.6 Å². The van der Waals surface area contributed by atoms with Crippen LogP contribution in [-0.2, 0) is 6.54 Å². The Bertz CT molecular complexity index is 888. The minimum Gasteiger partial charge on any atom is -0.494 e. The first-order valence-corrected chi connectivity index (χ1v) is 7.74. The fraction of sp³-hybridized carbons (Fsp3) is 0.211. The Kier molecular flexibility index (Phi) is 4.12. The number of hydrogen-bond acceptors (Lipinski definition) is 2. The summed E-state index contributed by atoms with van der Waals surface area (Å²) in [5.41, 5.74) is 4.31. The Morgan fingerprint density at radius 2 is 1.87 bits per heavy atom. The maximum atomic E-state index is 9.68. The minimum atomic E-state index is 0.636. The standard InChI is InChI=1S/C19H17BN2O/c1-3-22-18-11-14(20)7-10-16(18)17(12-21)19(22)13-5-8-15(9-6-13)23-4-2/h5-11H,3-4H2,1-2H3. The Morgan fingerprint density at radius 1 is 1.13 bits per heavy atom. The third-order valence-electron chi connectivity index (χ3n) is 3.96. The maximum Gasteiger partial charge on any atom is 0.119 e. The summed E-state index contributed by atoms with van der Waals surface area (Å²) in [6.45, 7) is 5.43. The van der Waals surface area contributed by atoms with Crippen molar-refractivity contribution in [2.24, 2.45) is 0 Å². The van der Waals surface area contributed by atoms with Crippen molar-refractivity contribution in [1.82, 2.24) is 4.57 Å². The van der Waals surface area contributed by atoms with Crippen molar-refractivity contribution in [1.29, 1.82) is 5.26 Å². The van der Waals surface area contributed by atoms with Gasteiger partial charge in [-0.15, -0.1) is 0 Å². The number of aromatic nitrogens is 1. The van der Waals surface area contributed by atoms with Gasteiger partial charge in [0.2, 0.25) is 0 Å². The van der Waals surface area contributed by atoms with Gasteiger partial charge >= 0.3 is 0 Å². The van der Waals surface area contributed by atoms with Gasteiger partial charge in [0.25, 0.3) is 0 Å². The average Bonchev–Trinajstić information content (AvgIpc) is 2.88. The average molecular weight is 300 g/mol. The number of nitriles is 1. The molecular formula is C19H17BN2O. The van der Waals surface area contributed by atoms with Gasteiger partial charge in [-0.25, -0.2) is 0 Å². The molecule has 112 valence electrons. The predicted octanol–water partition coefficient (Wildman–Crippen LogP) is 3.39. The first-order valence-electron chi connectivity index (χ1n) is 7.74. The zero-order valence-electron chi connectivity index (χ0n) is 13.3. The van der Waals surface area contributed by atoms with Gasteiger partial charge in [-0.05, 0) is 49.7 Å². The van der Waals surface area contributed by atoms with E-state index in [1.807, 2.05) is 49.4 Å². The molecule has 0 saturated carbocycles. The fourth-order valence-electron chi connectivity index (χ4n) is 2.98. The Hall–Kier alpha value is -2.67. The fourth-order valence-corrected chi connectivity index (χ4v) is 2.98. The lowest BCUT2D eigenvalue weighted by Crippen LogP contribution is -2.03. The summed E-state index contributed by atoms with van der Waals surface area (Å²) in [5, 5.41) is 10.6. The third kappa shape index (κ3) is 2.59. The monoisotopic (exact) mass is 300 g/mol. The van der Waals surface area contributed by atoms with Gasteiger partial charge < -0.3 is 9.30 Å². The van der Waals surface area contributed by atoms with E-state index in [9.17, 15) is 5.26 Å². The number of rotatable bonds is 4. The zero-order valence-corrected chi connectivity index (χ0v) is 13.3. The summed E-state index contributed by atoms with van der Waals surface area (Å²) < 4.78 is 7.63. The highest BCUT2D eigenvalue weighted by Crippen LogP contribution is 2.33. The molecule has 0 unspecified atom stereocenters. The number of benzene rings is 2. The molecular weight excluding hydrogens is 283 g/mol. The van der Waals surface area contributed by atoms with Crippen molar-refractivity contribution in [2.45, 2.75) is 20.4 Å². The van der Waals surface area contributed by atoms with Crippen LogP contribution in [-0.4, -0.2) is 19.0 Å². The molecule has 0 saturated heterocycles. The first kappa shape index (κ1) is 15.2. The highest BCUT2D eigenvalue weighted by Gasteiger charge is 2.17. The second kappa shape index (κ2) is 6.22. The highest BCUT2D eigenvalue weighted by molar-refractivity contribution is 6.33. The van der Waals surface area contributed by atoms with Crippen molar-refractivity contribution in [3.05, 3.63) is 48.0 Å². The number of hydrogen-bond donors (Lipinski definition) is 0. The molecule has 2 radical (unpaired) electrons. The Morgan fingerprint density at radius 3 is 2.48 bits per heavy atom. The van der Waals surface area contributed by atoms with Crippen LogP contribution in [0.3, 0.4) is 0 Å². The van der Waals surface area contributed by atoms with Gasteiger partial charge in [0.05, 0.1) is 17.9 Å². The van der Waals surface area contributed by atoms with Crippen LogP contribution in [0.1, 0.15) is 19.4 Å². The van der Waals surface area contributed by atoms with Crippen LogP contribution < -0.4 is 10.2 Å². The molecule has 4 heteroatoms. The van der Waals surface area contributed by atoms with E-state index < -0.39 is 0 Å². The lowest BCUT2D eigenvalue weighted by molar-refractivity contribution is 0.340. The third-order valence-corrected chi connectivity index (χ3v) is 3.96. The molecule has 3 aromatic rings. The number of nitrogens with zero attached hydrogens (tertiary/aromatic N) is 2. The smallest absolute Gasteiger partial charge is 0.119 e. The molecule has 0 spiro atoms. The lowest BCUT2D eigenvalue weighted by Gasteiger charge is -2.10. The van der Waals surface area contributed by atoms with Crippen LogP contribution in [0.25, 0.3) is 22.2 Å². The molecule has 0 bridgehead atoms. The van der Waals surface area contributed by atoms with Crippen molar-refractivity contribution in [2.75, 3.05) is 6.61 Å². The quantitative estimate of drug-likeness (QED) is 0.693. The van der Waals surface area contributed by atoms with E-state index in [1.54, 1.807) is 0 Å². The maximum absolute atomic E-state index is 9.68. The van der Waals surface area contributed by atoms with Crippen LogP contribution in [0.2, 0.25) is 0 Å². The van der Waals surface area contributed by atoms with Gasteiger partial charge in [0.1, 0.15) is 19.7 Å². The van der Waals surface area contributed by atoms with Gasteiger partial charge in [0, 0.05) is 17.4 Å². The molecule has 1 heterocycles. The van der Waals surface area contributed by atoms with Gasteiger partial charge in [0.15, 0.2) is 0 Å². The molecule has 3 nitrogen and oxygen atoms in total. The van der Waals surface area contributed by atoms with Crippen molar-refractivity contribution in [3.8, 4) is 23.1 Å². The Balaban J connectivity index is 2.25.